The monoisotopic (exact) mass is 195 g/mol. The van der Waals surface area contributed by atoms with Gasteiger partial charge in [0.2, 0.25) is 0 Å². The van der Waals surface area contributed by atoms with Crippen molar-refractivity contribution in [2.45, 2.75) is 20.3 Å². The highest BCUT2D eigenvalue weighted by molar-refractivity contribution is 8.14. The molecule has 0 aliphatic rings. The highest BCUT2D eigenvalue weighted by atomic mass is 32.2. The first kappa shape index (κ1) is 10.3. The van der Waals surface area contributed by atoms with Crippen LogP contribution in [0.25, 0.3) is 0 Å². The number of hydrogen-bond donors (Lipinski definition) is 1. The van der Waals surface area contributed by atoms with E-state index in [1.165, 1.54) is 16.8 Å². The van der Waals surface area contributed by atoms with Crippen LogP contribution in [0.5, 0.6) is 0 Å². The van der Waals surface area contributed by atoms with Gasteiger partial charge in [0, 0.05) is 5.69 Å². The molecule has 1 atom stereocenters. The molecule has 0 fully saturated rings. The van der Waals surface area contributed by atoms with E-state index in [-0.39, 0.29) is 10.7 Å². The van der Waals surface area contributed by atoms with Gasteiger partial charge in [-0.15, -0.1) is 10.7 Å². The summed E-state index contributed by atoms with van der Waals surface area (Å²) >= 11 is 0. The van der Waals surface area contributed by atoms with Crippen LogP contribution in [0.15, 0.2) is 18.2 Å². The second-order valence-corrected chi connectivity index (χ2v) is 4.72. The van der Waals surface area contributed by atoms with Gasteiger partial charge in [-0.1, -0.05) is 24.9 Å². The summed E-state index contributed by atoms with van der Waals surface area (Å²) in [7, 11) is 0.0146. The van der Waals surface area contributed by atoms with E-state index in [9.17, 15) is 0 Å². The normalized spacial score (nSPS) is 12.5. The Morgan fingerprint density at radius 1 is 1.46 bits per heavy atom. The lowest BCUT2D eigenvalue weighted by Crippen LogP contribution is -1.92. The molecule has 0 radical (unpaired) electrons. The molecule has 1 rings (SSSR count). The van der Waals surface area contributed by atoms with Gasteiger partial charge in [0.05, 0.1) is 0 Å². The predicted molar refractivity (Wildman–Crippen MR) is 64.8 cm³/mol. The SMILES string of the molecule is C=S(C)Nc1ccc(CC)cc1C. The van der Waals surface area contributed by atoms with Crippen LogP contribution < -0.4 is 4.72 Å². The third kappa shape index (κ3) is 2.88. The van der Waals surface area contributed by atoms with Crippen molar-refractivity contribution in [2.24, 2.45) is 0 Å². The van der Waals surface area contributed by atoms with Crippen molar-refractivity contribution in [3.05, 3.63) is 29.3 Å². The molecule has 0 heterocycles. The topological polar surface area (TPSA) is 12.0 Å². The van der Waals surface area contributed by atoms with E-state index in [0.29, 0.717) is 0 Å². The zero-order valence-corrected chi connectivity index (χ0v) is 9.37. The average molecular weight is 195 g/mol. The lowest BCUT2D eigenvalue weighted by molar-refractivity contribution is 1.13. The maximum absolute atomic E-state index is 3.93. The van der Waals surface area contributed by atoms with Crippen LogP contribution in [0.4, 0.5) is 5.69 Å². The Morgan fingerprint density at radius 2 is 2.15 bits per heavy atom. The fraction of sp³-hybridized carbons (Fsp3) is 0.364. The average Bonchev–Trinajstić information content (AvgIpc) is 2.08. The molecule has 13 heavy (non-hydrogen) atoms. The van der Waals surface area contributed by atoms with Crippen molar-refractivity contribution < 1.29 is 0 Å². The number of anilines is 1. The summed E-state index contributed by atoms with van der Waals surface area (Å²) in [5, 5.41) is 0. The summed E-state index contributed by atoms with van der Waals surface area (Å²) < 4.78 is 3.34. The van der Waals surface area contributed by atoms with Gasteiger partial charge in [0.25, 0.3) is 0 Å². The van der Waals surface area contributed by atoms with Crippen LogP contribution in [-0.4, -0.2) is 12.1 Å². The molecular weight excluding hydrogens is 178 g/mol. The summed E-state index contributed by atoms with van der Waals surface area (Å²) in [5.74, 6) is 3.93. The maximum Gasteiger partial charge on any atom is 0.0465 e. The minimum atomic E-state index is 0.0146. The third-order valence-electron chi connectivity index (χ3n) is 1.98. The van der Waals surface area contributed by atoms with Gasteiger partial charge in [-0.25, -0.2) is 0 Å². The second-order valence-electron chi connectivity index (χ2n) is 3.24. The van der Waals surface area contributed by atoms with Gasteiger partial charge in [0.1, 0.15) is 0 Å². The minimum absolute atomic E-state index is 0.0146. The molecule has 1 aromatic carbocycles. The van der Waals surface area contributed by atoms with Crippen LogP contribution in [0.1, 0.15) is 18.1 Å². The zero-order chi connectivity index (χ0) is 9.84. The molecule has 72 valence electrons. The number of nitrogens with one attached hydrogen (secondary N) is 1. The largest absolute Gasteiger partial charge is 0.336 e. The van der Waals surface area contributed by atoms with E-state index < -0.39 is 0 Å². The number of rotatable bonds is 3. The Bertz CT molecular complexity index is 318. The molecule has 0 aromatic heterocycles. The predicted octanol–water partition coefficient (Wildman–Crippen LogP) is 3.22. The van der Waals surface area contributed by atoms with E-state index >= 15 is 0 Å². The van der Waals surface area contributed by atoms with Crippen LogP contribution in [0, 0.1) is 6.92 Å². The quantitative estimate of drug-likeness (QED) is 0.730. The van der Waals surface area contributed by atoms with Crippen molar-refractivity contribution in [3.8, 4) is 0 Å². The Balaban J connectivity index is 2.91. The molecule has 0 aliphatic heterocycles. The van der Waals surface area contributed by atoms with Crippen molar-refractivity contribution in [3.63, 3.8) is 0 Å². The van der Waals surface area contributed by atoms with Crippen LogP contribution in [-0.2, 0) is 6.42 Å². The van der Waals surface area contributed by atoms with E-state index in [4.69, 9.17) is 0 Å². The Morgan fingerprint density at radius 3 is 2.62 bits per heavy atom. The highest BCUT2D eigenvalue weighted by Crippen LogP contribution is 2.20. The summed E-state index contributed by atoms with van der Waals surface area (Å²) in [4.78, 5) is 0. The molecule has 1 N–H and O–H groups in total. The second kappa shape index (κ2) is 4.47. The molecule has 0 bridgehead atoms. The first-order valence-electron chi connectivity index (χ1n) is 4.45. The lowest BCUT2D eigenvalue weighted by atomic mass is 10.1. The van der Waals surface area contributed by atoms with Crippen molar-refractivity contribution >= 4 is 22.2 Å². The molecule has 1 unspecified atom stereocenters. The highest BCUT2D eigenvalue weighted by Gasteiger charge is 1.97. The Kier molecular flexibility index (Phi) is 3.55. The first-order chi connectivity index (χ1) is 6.13. The lowest BCUT2D eigenvalue weighted by Gasteiger charge is -2.10. The van der Waals surface area contributed by atoms with Gasteiger partial charge < -0.3 is 4.72 Å². The summed E-state index contributed by atoms with van der Waals surface area (Å²) in [6.45, 7) is 4.31. The van der Waals surface area contributed by atoms with Gasteiger partial charge in [-0.3, -0.25) is 0 Å². The number of aryl methyl sites for hydroxylation is 2. The molecule has 0 amide bonds. The fourth-order valence-corrected chi connectivity index (χ4v) is 1.85. The fourth-order valence-electron chi connectivity index (χ4n) is 1.25. The molecule has 0 aliphatic carbocycles. The van der Waals surface area contributed by atoms with E-state index in [0.717, 1.165) is 6.42 Å². The van der Waals surface area contributed by atoms with Crippen molar-refractivity contribution in [2.75, 3.05) is 11.0 Å². The van der Waals surface area contributed by atoms with Crippen LogP contribution in [0.3, 0.4) is 0 Å². The van der Waals surface area contributed by atoms with E-state index in [2.05, 4.69) is 48.9 Å². The molecule has 1 aromatic rings. The van der Waals surface area contributed by atoms with Gasteiger partial charge in [-0.05, 0) is 36.8 Å². The zero-order valence-electron chi connectivity index (χ0n) is 8.55. The first-order valence-corrected chi connectivity index (χ1v) is 6.25. The van der Waals surface area contributed by atoms with Gasteiger partial charge in [0.15, 0.2) is 0 Å². The molecule has 0 saturated heterocycles. The third-order valence-corrected chi connectivity index (χ3v) is 2.55. The molecule has 0 spiro atoms. The van der Waals surface area contributed by atoms with Crippen LogP contribution >= 0.6 is 10.7 Å². The minimum Gasteiger partial charge on any atom is -0.336 e. The Labute approximate surface area is 83.2 Å². The van der Waals surface area contributed by atoms with Gasteiger partial charge >= 0.3 is 0 Å². The molecule has 0 saturated carbocycles. The molecule has 2 heteroatoms. The van der Waals surface area contributed by atoms with Crippen LogP contribution in [0.2, 0.25) is 0 Å². The van der Waals surface area contributed by atoms with E-state index in [1.807, 2.05) is 0 Å². The van der Waals surface area contributed by atoms with E-state index in [1.54, 1.807) is 0 Å². The molecule has 1 nitrogen and oxygen atoms in total. The summed E-state index contributed by atoms with van der Waals surface area (Å²) in [5.41, 5.74) is 3.91. The standard InChI is InChI=1S/C11H17NS/c1-5-10-6-7-11(9(2)8-10)12-13(3)4/h6-8,12H,3,5H2,1-2,4H3. The van der Waals surface area contributed by atoms with Gasteiger partial charge in [-0.2, -0.15) is 0 Å². The Hall–Kier alpha value is -0.760. The number of hydrogen-bond acceptors (Lipinski definition) is 1. The smallest absolute Gasteiger partial charge is 0.0465 e. The summed E-state index contributed by atoms with van der Waals surface area (Å²) in [6.07, 6.45) is 3.18. The number of benzene rings is 1. The summed E-state index contributed by atoms with van der Waals surface area (Å²) in [6, 6.07) is 6.54. The molecular formula is C11H17NS. The van der Waals surface area contributed by atoms with Crippen molar-refractivity contribution in [1.29, 1.82) is 0 Å². The van der Waals surface area contributed by atoms with Crippen molar-refractivity contribution in [1.82, 2.24) is 0 Å². The maximum atomic E-state index is 3.93.